The Labute approximate surface area is 113 Å². The topological polar surface area (TPSA) is 12.0 Å². The van der Waals surface area contributed by atoms with Gasteiger partial charge in [0.1, 0.15) is 11.6 Å². The van der Waals surface area contributed by atoms with Crippen LogP contribution in [0.15, 0.2) is 40.9 Å². The zero-order valence-corrected chi connectivity index (χ0v) is 11.4. The summed E-state index contributed by atoms with van der Waals surface area (Å²) in [5.74, 6) is -0.539. The van der Waals surface area contributed by atoms with E-state index in [0.29, 0.717) is 17.8 Å². The van der Waals surface area contributed by atoms with E-state index < -0.39 is 0 Å². The quantitative estimate of drug-likeness (QED) is 0.870. The molecule has 0 unspecified atom stereocenters. The number of anilines is 1. The summed E-state index contributed by atoms with van der Waals surface area (Å²) in [7, 11) is 0. The number of halogens is 3. The minimum Gasteiger partial charge on any atom is -0.381 e. The lowest BCUT2D eigenvalue weighted by atomic mass is 10.2. The van der Waals surface area contributed by atoms with Gasteiger partial charge in [-0.05, 0) is 48.4 Å². The van der Waals surface area contributed by atoms with Crippen molar-refractivity contribution in [3.05, 3.63) is 63.6 Å². The average Bonchev–Trinajstić information content (AvgIpc) is 2.34. The molecule has 0 radical (unpaired) electrons. The molecule has 94 valence electrons. The molecule has 2 aromatic rings. The number of benzene rings is 2. The Hall–Kier alpha value is -1.42. The molecule has 1 N–H and O–H groups in total. The van der Waals surface area contributed by atoms with Gasteiger partial charge in [0, 0.05) is 16.7 Å². The van der Waals surface area contributed by atoms with Crippen molar-refractivity contribution in [1.29, 1.82) is 0 Å². The fraction of sp³-hybridized carbons (Fsp3) is 0.143. The summed E-state index contributed by atoms with van der Waals surface area (Å²) in [5, 5.41) is 3.06. The summed E-state index contributed by atoms with van der Waals surface area (Å²) in [4.78, 5) is 0. The van der Waals surface area contributed by atoms with Crippen molar-refractivity contribution in [1.82, 2.24) is 0 Å². The first kappa shape index (κ1) is 13.0. The van der Waals surface area contributed by atoms with Crippen LogP contribution in [0, 0.1) is 18.6 Å². The second-order valence-electron chi connectivity index (χ2n) is 4.05. The van der Waals surface area contributed by atoms with Crippen molar-refractivity contribution in [3.8, 4) is 0 Å². The van der Waals surface area contributed by atoms with Gasteiger partial charge in [-0.3, -0.25) is 0 Å². The van der Waals surface area contributed by atoms with E-state index >= 15 is 0 Å². The summed E-state index contributed by atoms with van der Waals surface area (Å²) >= 11 is 3.35. The molecule has 0 atom stereocenters. The fourth-order valence-corrected chi connectivity index (χ4v) is 1.97. The first-order valence-corrected chi connectivity index (χ1v) is 6.29. The molecular formula is C14H12BrF2N. The summed E-state index contributed by atoms with van der Waals surface area (Å²) in [6, 6.07) is 9.43. The van der Waals surface area contributed by atoms with Crippen LogP contribution in [0.1, 0.15) is 11.1 Å². The molecule has 0 aliphatic heterocycles. The lowest BCUT2D eigenvalue weighted by Gasteiger charge is -2.09. The lowest BCUT2D eigenvalue weighted by molar-refractivity contribution is 0.618. The smallest absolute Gasteiger partial charge is 0.128 e. The minimum absolute atomic E-state index is 0.252. The van der Waals surface area contributed by atoms with E-state index in [0.717, 1.165) is 10.0 Å². The molecule has 18 heavy (non-hydrogen) atoms. The third-order valence-electron chi connectivity index (χ3n) is 2.66. The van der Waals surface area contributed by atoms with Gasteiger partial charge < -0.3 is 5.32 Å². The van der Waals surface area contributed by atoms with Crippen LogP contribution in [-0.4, -0.2) is 0 Å². The largest absolute Gasteiger partial charge is 0.381 e. The Kier molecular flexibility index (Phi) is 3.97. The Morgan fingerprint density at radius 2 is 1.89 bits per heavy atom. The highest BCUT2D eigenvalue weighted by Crippen LogP contribution is 2.20. The van der Waals surface area contributed by atoms with Gasteiger partial charge in [0.15, 0.2) is 0 Å². The normalized spacial score (nSPS) is 10.4. The Morgan fingerprint density at radius 1 is 1.11 bits per heavy atom. The van der Waals surface area contributed by atoms with E-state index in [-0.39, 0.29) is 11.6 Å². The molecule has 0 aliphatic carbocycles. The Morgan fingerprint density at radius 3 is 2.61 bits per heavy atom. The molecule has 0 spiro atoms. The first-order valence-electron chi connectivity index (χ1n) is 5.50. The maximum atomic E-state index is 13.3. The summed E-state index contributed by atoms with van der Waals surface area (Å²) in [6.07, 6.45) is 0. The third kappa shape index (κ3) is 3.07. The predicted octanol–water partition coefficient (Wildman–Crippen LogP) is 4.65. The van der Waals surface area contributed by atoms with Crippen molar-refractivity contribution >= 4 is 21.6 Å². The molecular weight excluding hydrogens is 300 g/mol. The van der Waals surface area contributed by atoms with Crippen LogP contribution in [0.25, 0.3) is 0 Å². The van der Waals surface area contributed by atoms with Gasteiger partial charge in [0.05, 0.1) is 0 Å². The van der Waals surface area contributed by atoms with Crippen molar-refractivity contribution in [2.45, 2.75) is 13.5 Å². The van der Waals surface area contributed by atoms with E-state index in [1.54, 1.807) is 25.1 Å². The fourth-order valence-electron chi connectivity index (χ4n) is 1.58. The van der Waals surface area contributed by atoms with E-state index in [9.17, 15) is 8.78 Å². The van der Waals surface area contributed by atoms with E-state index in [4.69, 9.17) is 0 Å². The molecule has 0 aliphatic rings. The van der Waals surface area contributed by atoms with Gasteiger partial charge in [-0.2, -0.15) is 0 Å². The zero-order chi connectivity index (χ0) is 13.1. The summed E-state index contributed by atoms with van der Waals surface area (Å²) in [5.41, 5.74) is 2.07. The molecule has 0 saturated carbocycles. The van der Waals surface area contributed by atoms with Gasteiger partial charge in [-0.1, -0.05) is 22.0 Å². The summed E-state index contributed by atoms with van der Waals surface area (Å²) in [6.45, 7) is 2.14. The standard InChI is InChI=1S/C14H12BrF2N/c1-9-2-4-12(7-14(9)17)18-8-10-6-11(16)3-5-13(10)15/h2-7,18H,8H2,1H3. The number of rotatable bonds is 3. The van der Waals surface area contributed by atoms with E-state index in [1.165, 1.54) is 18.2 Å². The van der Waals surface area contributed by atoms with Crippen molar-refractivity contribution in [3.63, 3.8) is 0 Å². The molecule has 0 fully saturated rings. The number of hydrogen-bond donors (Lipinski definition) is 1. The van der Waals surface area contributed by atoms with Gasteiger partial charge in [-0.25, -0.2) is 8.78 Å². The van der Waals surface area contributed by atoms with Crippen LogP contribution in [0.4, 0.5) is 14.5 Å². The zero-order valence-electron chi connectivity index (χ0n) is 9.81. The predicted molar refractivity (Wildman–Crippen MR) is 72.6 cm³/mol. The van der Waals surface area contributed by atoms with Crippen molar-refractivity contribution in [2.24, 2.45) is 0 Å². The Balaban J connectivity index is 2.11. The monoisotopic (exact) mass is 311 g/mol. The first-order chi connectivity index (χ1) is 8.56. The highest BCUT2D eigenvalue weighted by Gasteiger charge is 2.03. The van der Waals surface area contributed by atoms with E-state index in [1.807, 2.05) is 0 Å². The van der Waals surface area contributed by atoms with Gasteiger partial charge in [0.25, 0.3) is 0 Å². The molecule has 0 bridgehead atoms. The maximum absolute atomic E-state index is 13.3. The molecule has 2 rings (SSSR count). The highest BCUT2D eigenvalue weighted by atomic mass is 79.9. The van der Waals surface area contributed by atoms with Crippen LogP contribution in [0.3, 0.4) is 0 Å². The number of nitrogens with one attached hydrogen (secondary N) is 1. The Bertz CT molecular complexity index is 570. The van der Waals surface area contributed by atoms with Crippen LogP contribution in [0.5, 0.6) is 0 Å². The number of hydrogen-bond acceptors (Lipinski definition) is 1. The van der Waals surface area contributed by atoms with Gasteiger partial charge >= 0.3 is 0 Å². The molecule has 0 amide bonds. The molecule has 2 aromatic carbocycles. The SMILES string of the molecule is Cc1ccc(NCc2cc(F)ccc2Br)cc1F. The maximum Gasteiger partial charge on any atom is 0.128 e. The van der Waals surface area contributed by atoms with Crippen LogP contribution >= 0.6 is 15.9 Å². The number of aryl methyl sites for hydroxylation is 1. The molecule has 0 heterocycles. The van der Waals surface area contributed by atoms with Crippen molar-refractivity contribution in [2.75, 3.05) is 5.32 Å². The van der Waals surface area contributed by atoms with Crippen LogP contribution in [0.2, 0.25) is 0 Å². The highest BCUT2D eigenvalue weighted by molar-refractivity contribution is 9.10. The van der Waals surface area contributed by atoms with E-state index in [2.05, 4.69) is 21.2 Å². The summed E-state index contributed by atoms with van der Waals surface area (Å²) < 4.78 is 27.2. The molecule has 0 saturated heterocycles. The van der Waals surface area contributed by atoms with Crippen LogP contribution < -0.4 is 5.32 Å². The minimum atomic E-state index is -0.287. The van der Waals surface area contributed by atoms with Crippen molar-refractivity contribution < 1.29 is 8.78 Å². The lowest BCUT2D eigenvalue weighted by Crippen LogP contribution is -2.01. The second kappa shape index (κ2) is 5.48. The second-order valence-corrected chi connectivity index (χ2v) is 4.91. The molecule has 0 aromatic heterocycles. The van der Waals surface area contributed by atoms with Gasteiger partial charge in [-0.15, -0.1) is 0 Å². The third-order valence-corrected chi connectivity index (χ3v) is 3.44. The van der Waals surface area contributed by atoms with Gasteiger partial charge in [0.2, 0.25) is 0 Å². The molecule has 4 heteroatoms. The molecule has 1 nitrogen and oxygen atoms in total. The average molecular weight is 312 g/mol. The van der Waals surface area contributed by atoms with Crippen LogP contribution in [-0.2, 0) is 6.54 Å².